The number of nitrogens with zero attached hydrogens (tertiary/aromatic N) is 3. The molecule has 3 fully saturated rings. The summed E-state index contributed by atoms with van der Waals surface area (Å²) in [6.07, 6.45) is -0.0622. The minimum Gasteiger partial charge on any atom is -0.444 e. The number of carbonyl (C=O) groups is 3. The van der Waals surface area contributed by atoms with Gasteiger partial charge in [0, 0.05) is 44.8 Å². The standard InChI is InChI=1S/C25H34F3N5O4/c1-24(2,3)37-23(36)33-9-8-20(25(27,28)15-33)32-12-10-31(11-13-32)19-6-4-16(14-17(19)26)29-18-5-7-21(34)30-22(18)35/h4,6,14,18,20,29H,5,7-13,15H2,1-3H3,(H,30,34,35)/t18?,20-/m0/s1. The van der Waals surface area contributed by atoms with Gasteiger partial charge in [-0.2, -0.15) is 0 Å². The number of amides is 3. The number of benzene rings is 1. The van der Waals surface area contributed by atoms with Crippen molar-refractivity contribution in [3.05, 3.63) is 24.0 Å². The quantitative estimate of drug-likeness (QED) is 0.584. The number of nitrogens with one attached hydrogen (secondary N) is 2. The van der Waals surface area contributed by atoms with Crippen molar-refractivity contribution in [2.24, 2.45) is 0 Å². The molecule has 1 aromatic rings. The molecule has 204 valence electrons. The first-order valence-corrected chi connectivity index (χ1v) is 12.6. The number of alkyl halides is 2. The molecule has 3 heterocycles. The molecule has 0 saturated carbocycles. The minimum absolute atomic E-state index is 0.126. The van der Waals surface area contributed by atoms with Gasteiger partial charge in [-0.05, 0) is 51.8 Å². The van der Waals surface area contributed by atoms with Gasteiger partial charge in [-0.25, -0.2) is 18.0 Å². The molecule has 0 aromatic heterocycles. The van der Waals surface area contributed by atoms with Crippen molar-refractivity contribution >= 4 is 29.3 Å². The van der Waals surface area contributed by atoms with Crippen LogP contribution in [0.1, 0.15) is 40.0 Å². The third-order valence-electron chi connectivity index (χ3n) is 6.84. The second-order valence-corrected chi connectivity index (χ2v) is 10.8. The van der Waals surface area contributed by atoms with E-state index >= 15 is 8.78 Å². The lowest BCUT2D eigenvalue weighted by molar-refractivity contribution is -0.133. The molecule has 2 N–H and O–H groups in total. The van der Waals surface area contributed by atoms with Gasteiger partial charge >= 0.3 is 6.09 Å². The van der Waals surface area contributed by atoms with E-state index in [1.165, 1.54) is 6.07 Å². The number of hydrogen-bond donors (Lipinski definition) is 2. The Balaban J connectivity index is 1.32. The van der Waals surface area contributed by atoms with Crippen LogP contribution in [-0.4, -0.2) is 90.6 Å². The second kappa shape index (κ2) is 10.4. The first-order valence-electron chi connectivity index (χ1n) is 12.6. The van der Waals surface area contributed by atoms with Gasteiger partial charge in [0.2, 0.25) is 11.8 Å². The molecule has 1 unspecified atom stereocenters. The van der Waals surface area contributed by atoms with Crippen molar-refractivity contribution in [1.82, 2.24) is 15.1 Å². The fraction of sp³-hybridized carbons (Fsp3) is 0.640. The third kappa shape index (κ3) is 6.46. The maximum atomic E-state index is 15.0. The number of ether oxygens (including phenoxy) is 1. The van der Waals surface area contributed by atoms with Crippen LogP contribution < -0.4 is 15.5 Å². The molecule has 1 aromatic carbocycles. The molecule has 12 heteroatoms. The van der Waals surface area contributed by atoms with Crippen molar-refractivity contribution in [2.45, 2.75) is 63.6 Å². The summed E-state index contributed by atoms with van der Waals surface area (Å²) in [7, 11) is 0. The fourth-order valence-electron chi connectivity index (χ4n) is 5.02. The van der Waals surface area contributed by atoms with Gasteiger partial charge in [0.05, 0.1) is 18.3 Å². The van der Waals surface area contributed by atoms with E-state index in [2.05, 4.69) is 10.6 Å². The Morgan fingerprint density at radius 2 is 1.81 bits per heavy atom. The zero-order valence-electron chi connectivity index (χ0n) is 21.4. The van der Waals surface area contributed by atoms with Crippen LogP contribution in [0.25, 0.3) is 0 Å². The summed E-state index contributed by atoms with van der Waals surface area (Å²) >= 11 is 0. The van der Waals surface area contributed by atoms with Crippen LogP contribution in [0.2, 0.25) is 0 Å². The van der Waals surface area contributed by atoms with E-state index in [9.17, 15) is 18.8 Å². The Morgan fingerprint density at radius 1 is 1.11 bits per heavy atom. The van der Waals surface area contributed by atoms with E-state index in [-0.39, 0.29) is 25.3 Å². The summed E-state index contributed by atoms with van der Waals surface area (Å²) in [5.74, 6) is -4.34. The van der Waals surface area contributed by atoms with E-state index < -0.39 is 48.0 Å². The molecule has 3 saturated heterocycles. The zero-order chi connectivity index (χ0) is 27.0. The lowest BCUT2D eigenvalue weighted by Crippen LogP contribution is -2.62. The minimum atomic E-state index is -3.09. The molecule has 0 radical (unpaired) electrons. The molecule has 0 aliphatic carbocycles. The van der Waals surface area contributed by atoms with Gasteiger partial charge < -0.3 is 19.9 Å². The second-order valence-electron chi connectivity index (χ2n) is 10.8. The maximum absolute atomic E-state index is 15.0. The largest absolute Gasteiger partial charge is 0.444 e. The summed E-state index contributed by atoms with van der Waals surface area (Å²) in [6.45, 7) is 6.00. The highest BCUT2D eigenvalue weighted by Gasteiger charge is 2.49. The number of piperazine rings is 1. The molecular weight excluding hydrogens is 491 g/mol. The molecule has 3 amide bonds. The van der Waals surface area contributed by atoms with Crippen LogP contribution in [0.4, 0.5) is 29.3 Å². The first-order chi connectivity index (χ1) is 17.3. The number of piperidine rings is 2. The van der Waals surface area contributed by atoms with Gasteiger partial charge in [0.1, 0.15) is 17.5 Å². The highest BCUT2D eigenvalue weighted by atomic mass is 19.3. The molecule has 0 bridgehead atoms. The average Bonchev–Trinajstić information content (AvgIpc) is 2.79. The molecule has 9 nitrogen and oxygen atoms in total. The van der Waals surface area contributed by atoms with Gasteiger partial charge in [0.25, 0.3) is 5.92 Å². The van der Waals surface area contributed by atoms with E-state index in [1.54, 1.807) is 37.8 Å². The zero-order valence-corrected chi connectivity index (χ0v) is 21.4. The molecule has 3 aliphatic heterocycles. The maximum Gasteiger partial charge on any atom is 0.410 e. The summed E-state index contributed by atoms with van der Waals surface area (Å²) in [5, 5.41) is 5.21. The number of hydrogen-bond acceptors (Lipinski definition) is 7. The number of likely N-dealkylation sites (tertiary alicyclic amines) is 1. The number of halogens is 3. The predicted molar refractivity (Wildman–Crippen MR) is 131 cm³/mol. The summed E-state index contributed by atoms with van der Waals surface area (Å²) in [5.41, 5.74) is 0.0272. The predicted octanol–water partition coefficient (Wildman–Crippen LogP) is 2.81. The number of rotatable bonds is 4. The van der Waals surface area contributed by atoms with Gasteiger partial charge in [-0.1, -0.05) is 0 Å². The monoisotopic (exact) mass is 525 g/mol. The Kier molecular flexibility index (Phi) is 7.59. The Hall–Kier alpha value is -3.02. The molecule has 2 atom stereocenters. The van der Waals surface area contributed by atoms with Crippen LogP contribution in [-0.2, 0) is 14.3 Å². The first kappa shape index (κ1) is 27.0. The number of imide groups is 1. The topological polar surface area (TPSA) is 94.2 Å². The molecule has 3 aliphatic rings. The third-order valence-corrected chi connectivity index (χ3v) is 6.84. The Bertz CT molecular complexity index is 1040. The van der Waals surface area contributed by atoms with Crippen molar-refractivity contribution in [3.63, 3.8) is 0 Å². The van der Waals surface area contributed by atoms with Crippen molar-refractivity contribution in [3.8, 4) is 0 Å². The van der Waals surface area contributed by atoms with Crippen LogP contribution >= 0.6 is 0 Å². The van der Waals surface area contributed by atoms with Gasteiger partial charge in [0.15, 0.2) is 0 Å². The van der Waals surface area contributed by atoms with Gasteiger partial charge in [-0.15, -0.1) is 0 Å². The highest BCUT2D eigenvalue weighted by Crippen LogP contribution is 2.33. The lowest BCUT2D eigenvalue weighted by Gasteiger charge is -2.46. The van der Waals surface area contributed by atoms with Crippen LogP contribution in [0.3, 0.4) is 0 Å². The van der Waals surface area contributed by atoms with Crippen molar-refractivity contribution in [1.29, 1.82) is 0 Å². The van der Waals surface area contributed by atoms with Crippen LogP contribution in [0, 0.1) is 5.82 Å². The Labute approximate surface area is 214 Å². The van der Waals surface area contributed by atoms with E-state index in [1.807, 2.05) is 4.90 Å². The van der Waals surface area contributed by atoms with E-state index in [0.29, 0.717) is 44.0 Å². The Morgan fingerprint density at radius 3 is 2.41 bits per heavy atom. The summed E-state index contributed by atoms with van der Waals surface area (Å²) in [6, 6.07) is 2.95. The SMILES string of the molecule is CC(C)(C)OC(=O)N1CC[C@H](N2CCN(c3ccc(NC4CCC(=O)NC4=O)cc3F)CC2)C(F)(F)C1. The van der Waals surface area contributed by atoms with Gasteiger partial charge in [-0.3, -0.25) is 19.8 Å². The average molecular weight is 526 g/mol. The van der Waals surface area contributed by atoms with Crippen LogP contribution in [0.5, 0.6) is 0 Å². The highest BCUT2D eigenvalue weighted by molar-refractivity contribution is 6.01. The van der Waals surface area contributed by atoms with Crippen molar-refractivity contribution < 1.29 is 32.3 Å². The normalized spacial score (nSPS) is 25.0. The summed E-state index contributed by atoms with van der Waals surface area (Å²) in [4.78, 5) is 40.1. The van der Waals surface area contributed by atoms with Crippen molar-refractivity contribution in [2.75, 3.05) is 49.5 Å². The smallest absolute Gasteiger partial charge is 0.410 e. The summed E-state index contributed by atoms with van der Waals surface area (Å²) < 4.78 is 50.3. The van der Waals surface area contributed by atoms with Crippen LogP contribution in [0.15, 0.2) is 18.2 Å². The number of anilines is 2. The van der Waals surface area contributed by atoms with E-state index in [4.69, 9.17) is 4.74 Å². The lowest BCUT2D eigenvalue weighted by atomic mass is 9.98. The molecular formula is C25H34F3N5O4. The fourth-order valence-corrected chi connectivity index (χ4v) is 5.02. The molecule has 37 heavy (non-hydrogen) atoms. The molecule has 0 spiro atoms. The van der Waals surface area contributed by atoms with E-state index in [0.717, 1.165) is 4.90 Å². The number of carbonyl (C=O) groups excluding carboxylic acids is 3. The molecule has 4 rings (SSSR count).